The first-order valence-electron chi connectivity index (χ1n) is 7.09. The molecule has 0 saturated heterocycles. The van der Waals surface area contributed by atoms with Crippen LogP contribution in [0.3, 0.4) is 0 Å². The molecule has 0 heterocycles. The summed E-state index contributed by atoms with van der Waals surface area (Å²) in [5, 5.41) is 0. The largest absolute Gasteiger partial charge is 0.514 e. The first kappa shape index (κ1) is 15.5. The fourth-order valence-corrected chi connectivity index (χ4v) is 1.79. The minimum absolute atomic E-state index is 0.162. The number of carbonyl (C=O) groups is 1. The number of hydrogen-bond acceptors (Lipinski definition) is 3. The van der Waals surface area contributed by atoms with Crippen molar-refractivity contribution in [2.75, 3.05) is 0 Å². The number of aryl methyl sites for hydroxylation is 1. The number of hydrogen-bond donors (Lipinski definition) is 0. The average molecular weight is 264 g/mol. The van der Waals surface area contributed by atoms with Gasteiger partial charge >= 0.3 is 6.16 Å². The highest BCUT2D eigenvalue weighted by atomic mass is 16.7. The van der Waals surface area contributed by atoms with Gasteiger partial charge in [-0.2, -0.15) is 0 Å². The van der Waals surface area contributed by atoms with E-state index in [0.717, 1.165) is 6.42 Å². The van der Waals surface area contributed by atoms with E-state index in [1.807, 2.05) is 24.3 Å². The zero-order chi connectivity index (χ0) is 14.1. The van der Waals surface area contributed by atoms with Crippen molar-refractivity contribution in [3.63, 3.8) is 0 Å². The van der Waals surface area contributed by atoms with Gasteiger partial charge in [0.2, 0.25) is 0 Å². The van der Waals surface area contributed by atoms with E-state index >= 15 is 0 Å². The molecule has 3 nitrogen and oxygen atoms in total. The van der Waals surface area contributed by atoms with E-state index < -0.39 is 6.16 Å². The Morgan fingerprint density at radius 1 is 1.11 bits per heavy atom. The van der Waals surface area contributed by atoms with E-state index in [0.29, 0.717) is 5.75 Å². The Morgan fingerprint density at radius 3 is 2.37 bits per heavy atom. The van der Waals surface area contributed by atoms with Crippen LogP contribution in [-0.2, 0) is 11.2 Å². The monoisotopic (exact) mass is 264 g/mol. The molecule has 0 amide bonds. The number of rotatable bonds is 7. The van der Waals surface area contributed by atoms with Crippen molar-refractivity contribution in [2.45, 2.75) is 59.0 Å². The van der Waals surface area contributed by atoms with Crippen LogP contribution in [0.5, 0.6) is 5.75 Å². The van der Waals surface area contributed by atoms with Crippen molar-refractivity contribution in [3.05, 3.63) is 29.8 Å². The van der Waals surface area contributed by atoms with Crippen molar-refractivity contribution >= 4 is 6.16 Å². The summed E-state index contributed by atoms with van der Waals surface area (Å²) >= 11 is 0. The Morgan fingerprint density at radius 2 is 1.79 bits per heavy atom. The molecule has 106 valence electrons. The van der Waals surface area contributed by atoms with Gasteiger partial charge in [0.1, 0.15) is 5.75 Å². The Hall–Kier alpha value is -1.51. The Labute approximate surface area is 115 Å². The molecule has 1 aromatic rings. The summed E-state index contributed by atoms with van der Waals surface area (Å²) in [4.78, 5) is 11.3. The van der Waals surface area contributed by atoms with Crippen LogP contribution in [0.1, 0.15) is 52.0 Å². The van der Waals surface area contributed by atoms with Gasteiger partial charge in [-0.25, -0.2) is 4.79 Å². The van der Waals surface area contributed by atoms with E-state index in [2.05, 4.69) is 6.92 Å². The molecule has 1 aromatic carbocycles. The van der Waals surface area contributed by atoms with Gasteiger partial charge in [-0.3, -0.25) is 0 Å². The SMILES string of the molecule is CCCCCCc1ccc(OC(=O)OC(C)C)cc1. The third-order valence-electron chi connectivity index (χ3n) is 2.78. The second-order valence-electron chi connectivity index (χ2n) is 4.97. The Kier molecular flexibility index (Phi) is 7.01. The predicted octanol–water partition coefficient (Wildman–Crippen LogP) is 4.73. The van der Waals surface area contributed by atoms with Gasteiger partial charge in [0, 0.05) is 0 Å². The lowest BCUT2D eigenvalue weighted by Gasteiger charge is -2.08. The highest BCUT2D eigenvalue weighted by Crippen LogP contribution is 2.15. The molecule has 0 fully saturated rings. The quantitative estimate of drug-likeness (QED) is 0.405. The standard InChI is InChI=1S/C16H24O3/c1-4-5-6-7-8-14-9-11-15(12-10-14)19-16(17)18-13(2)3/h9-13H,4-8H2,1-3H3. The zero-order valence-corrected chi connectivity index (χ0v) is 12.1. The number of carbonyl (C=O) groups excluding carboxylic acids is 1. The average Bonchev–Trinajstić information content (AvgIpc) is 2.35. The first-order chi connectivity index (χ1) is 9.11. The molecule has 0 aliphatic carbocycles. The van der Waals surface area contributed by atoms with Crippen LogP contribution in [-0.4, -0.2) is 12.3 Å². The van der Waals surface area contributed by atoms with Crippen molar-refractivity contribution in [2.24, 2.45) is 0 Å². The molecule has 0 radical (unpaired) electrons. The summed E-state index contributed by atoms with van der Waals surface area (Å²) in [6.45, 7) is 5.80. The van der Waals surface area contributed by atoms with Crippen LogP contribution >= 0.6 is 0 Å². The Balaban J connectivity index is 2.36. The summed E-state index contributed by atoms with van der Waals surface area (Å²) in [6.07, 6.45) is 5.30. The van der Waals surface area contributed by atoms with Crippen LogP contribution in [0, 0.1) is 0 Å². The van der Waals surface area contributed by atoms with Gasteiger partial charge in [0.15, 0.2) is 0 Å². The molecule has 0 unspecified atom stereocenters. The van der Waals surface area contributed by atoms with Gasteiger partial charge in [-0.1, -0.05) is 38.3 Å². The van der Waals surface area contributed by atoms with Gasteiger partial charge in [-0.15, -0.1) is 0 Å². The summed E-state index contributed by atoms with van der Waals surface area (Å²) < 4.78 is 9.98. The lowest BCUT2D eigenvalue weighted by Crippen LogP contribution is -2.15. The van der Waals surface area contributed by atoms with Crippen molar-refractivity contribution in [3.8, 4) is 5.75 Å². The van der Waals surface area contributed by atoms with Crippen LogP contribution in [0.4, 0.5) is 4.79 Å². The highest BCUT2D eigenvalue weighted by Gasteiger charge is 2.07. The molecule has 0 atom stereocenters. The van der Waals surface area contributed by atoms with Crippen LogP contribution in [0.15, 0.2) is 24.3 Å². The molecular weight excluding hydrogens is 240 g/mol. The van der Waals surface area contributed by atoms with Crippen LogP contribution in [0.25, 0.3) is 0 Å². The minimum Gasteiger partial charge on any atom is -0.431 e. The number of unbranched alkanes of at least 4 members (excludes halogenated alkanes) is 3. The molecule has 0 saturated carbocycles. The molecule has 0 aliphatic rings. The Bertz CT molecular complexity index is 368. The van der Waals surface area contributed by atoms with Crippen molar-refractivity contribution in [1.82, 2.24) is 0 Å². The van der Waals surface area contributed by atoms with Gasteiger partial charge in [0.25, 0.3) is 0 Å². The molecular formula is C16H24O3. The highest BCUT2D eigenvalue weighted by molar-refractivity contribution is 5.63. The maximum absolute atomic E-state index is 11.3. The molecule has 0 aromatic heterocycles. The third kappa shape index (κ3) is 6.85. The summed E-state index contributed by atoms with van der Waals surface area (Å²) in [5.74, 6) is 0.531. The molecule has 19 heavy (non-hydrogen) atoms. The van der Waals surface area contributed by atoms with E-state index in [-0.39, 0.29) is 6.10 Å². The number of ether oxygens (including phenoxy) is 2. The zero-order valence-electron chi connectivity index (χ0n) is 12.1. The third-order valence-corrected chi connectivity index (χ3v) is 2.78. The summed E-state index contributed by atoms with van der Waals surface area (Å²) in [7, 11) is 0. The summed E-state index contributed by atoms with van der Waals surface area (Å²) in [6, 6.07) is 7.64. The fourth-order valence-electron chi connectivity index (χ4n) is 1.79. The molecule has 0 aliphatic heterocycles. The lowest BCUT2D eigenvalue weighted by molar-refractivity contribution is 0.0729. The molecule has 0 spiro atoms. The van der Waals surface area contributed by atoms with Crippen molar-refractivity contribution in [1.29, 1.82) is 0 Å². The number of benzene rings is 1. The van der Waals surface area contributed by atoms with E-state index in [4.69, 9.17) is 9.47 Å². The minimum atomic E-state index is -0.648. The molecule has 3 heteroatoms. The second kappa shape index (κ2) is 8.57. The molecule has 0 bridgehead atoms. The van der Waals surface area contributed by atoms with E-state index in [1.165, 1.54) is 31.2 Å². The van der Waals surface area contributed by atoms with Gasteiger partial charge < -0.3 is 9.47 Å². The molecule has 1 rings (SSSR count). The van der Waals surface area contributed by atoms with E-state index in [1.54, 1.807) is 13.8 Å². The summed E-state index contributed by atoms with van der Waals surface area (Å²) in [5.41, 5.74) is 1.28. The normalized spacial score (nSPS) is 10.5. The lowest BCUT2D eigenvalue weighted by atomic mass is 10.1. The topological polar surface area (TPSA) is 35.5 Å². The van der Waals surface area contributed by atoms with Crippen LogP contribution in [0.2, 0.25) is 0 Å². The van der Waals surface area contributed by atoms with E-state index in [9.17, 15) is 4.79 Å². The van der Waals surface area contributed by atoms with Crippen LogP contribution < -0.4 is 4.74 Å². The van der Waals surface area contributed by atoms with Gasteiger partial charge in [0.05, 0.1) is 6.10 Å². The molecule has 0 N–H and O–H groups in total. The first-order valence-corrected chi connectivity index (χ1v) is 7.09. The maximum Gasteiger partial charge on any atom is 0.514 e. The smallest absolute Gasteiger partial charge is 0.431 e. The second-order valence-corrected chi connectivity index (χ2v) is 4.97. The predicted molar refractivity (Wildman–Crippen MR) is 76.5 cm³/mol. The fraction of sp³-hybridized carbons (Fsp3) is 0.562. The van der Waals surface area contributed by atoms with Gasteiger partial charge in [-0.05, 0) is 44.4 Å². The van der Waals surface area contributed by atoms with Crippen molar-refractivity contribution < 1.29 is 14.3 Å². The maximum atomic E-state index is 11.3.